The molecule has 7 nitrogen and oxygen atoms in total. The molecule has 1 amide bonds. The van der Waals surface area contributed by atoms with E-state index in [0.717, 1.165) is 5.56 Å². The standard InChI is InChI=1S/C23H17N3O4S/c27-12-14-5-7-17(8-6-14)24-22(30)19-11-15-3-1-2-4-18(15)20(21(19)29)25-26-23-16(13-28)9-10-31-23/h1-11,13,27,29H,12H2,(H,24,30)/b26-25+. The van der Waals surface area contributed by atoms with Crippen LogP contribution in [-0.2, 0) is 6.61 Å². The van der Waals surface area contributed by atoms with E-state index in [0.29, 0.717) is 33.3 Å². The van der Waals surface area contributed by atoms with E-state index in [1.165, 1.54) is 11.3 Å². The minimum absolute atomic E-state index is 0.0423. The summed E-state index contributed by atoms with van der Waals surface area (Å²) in [6.45, 7) is -0.0931. The van der Waals surface area contributed by atoms with Crippen LogP contribution in [0, 0.1) is 0 Å². The van der Waals surface area contributed by atoms with E-state index in [2.05, 4.69) is 15.5 Å². The van der Waals surface area contributed by atoms with Gasteiger partial charge in [-0.3, -0.25) is 9.59 Å². The number of anilines is 1. The molecule has 1 heterocycles. The molecule has 0 radical (unpaired) electrons. The highest BCUT2D eigenvalue weighted by Crippen LogP contribution is 2.40. The van der Waals surface area contributed by atoms with Crippen molar-refractivity contribution in [3.05, 3.63) is 82.7 Å². The first-order chi connectivity index (χ1) is 15.1. The molecule has 4 aromatic rings. The van der Waals surface area contributed by atoms with Crippen molar-refractivity contribution in [3.63, 3.8) is 0 Å². The molecule has 0 aliphatic carbocycles. The van der Waals surface area contributed by atoms with Crippen LogP contribution in [0.25, 0.3) is 10.8 Å². The van der Waals surface area contributed by atoms with E-state index in [-0.39, 0.29) is 23.6 Å². The van der Waals surface area contributed by atoms with Gasteiger partial charge in [0, 0.05) is 11.1 Å². The van der Waals surface area contributed by atoms with Crippen molar-refractivity contribution < 1.29 is 19.8 Å². The van der Waals surface area contributed by atoms with Crippen LogP contribution in [0.15, 0.2) is 76.3 Å². The van der Waals surface area contributed by atoms with Gasteiger partial charge in [0.05, 0.1) is 17.7 Å². The number of amides is 1. The number of phenols is 1. The Hall–Kier alpha value is -3.88. The maximum atomic E-state index is 12.9. The van der Waals surface area contributed by atoms with Crippen molar-refractivity contribution in [3.8, 4) is 5.75 Å². The summed E-state index contributed by atoms with van der Waals surface area (Å²) in [6.07, 6.45) is 0.689. The number of aldehydes is 1. The molecule has 0 spiro atoms. The third kappa shape index (κ3) is 4.20. The lowest BCUT2D eigenvalue weighted by Crippen LogP contribution is -2.12. The predicted octanol–water partition coefficient (Wildman–Crippen LogP) is 5.58. The minimum Gasteiger partial charge on any atom is -0.505 e. The summed E-state index contributed by atoms with van der Waals surface area (Å²) < 4.78 is 0. The SMILES string of the molecule is O=Cc1ccsc1/N=N/c1c(O)c(C(=O)Nc2ccc(CO)cc2)cc2ccccc12. The first-order valence-corrected chi connectivity index (χ1v) is 10.2. The van der Waals surface area contributed by atoms with E-state index in [1.807, 2.05) is 12.1 Å². The molecule has 0 fully saturated rings. The summed E-state index contributed by atoms with van der Waals surface area (Å²) in [4.78, 5) is 24.0. The zero-order valence-electron chi connectivity index (χ0n) is 16.1. The number of phenolic OH excluding ortho intramolecular Hbond substituents is 1. The number of nitrogens with zero attached hydrogens (tertiary/aromatic N) is 2. The lowest BCUT2D eigenvalue weighted by atomic mass is 10.0. The Morgan fingerprint density at radius 2 is 1.84 bits per heavy atom. The molecule has 154 valence electrons. The van der Waals surface area contributed by atoms with Gasteiger partial charge in [-0.2, -0.15) is 0 Å². The summed E-state index contributed by atoms with van der Waals surface area (Å²) in [5, 5.41) is 34.5. The van der Waals surface area contributed by atoms with Gasteiger partial charge in [-0.25, -0.2) is 0 Å². The van der Waals surface area contributed by atoms with Crippen LogP contribution in [0.4, 0.5) is 16.4 Å². The lowest BCUT2D eigenvalue weighted by Gasteiger charge is -2.11. The number of benzene rings is 3. The fourth-order valence-electron chi connectivity index (χ4n) is 3.06. The molecule has 3 aromatic carbocycles. The zero-order valence-corrected chi connectivity index (χ0v) is 17.0. The fourth-order valence-corrected chi connectivity index (χ4v) is 3.75. The van der Waals surface area contributed by atoms with E-state index in [9.17, 15) is 14.7 Å². The highest BCUT2D eigenvalue weighted by atomic mass is 32.1. The van der Waals surface area contributed by atoms with Crippen LogP contribution in [-0.4, -0.2) is 22.4 Å². The maximum Gasteiger partial charge on any atom is 0.259 e. The number of nitrogens with one attached hydrogen (secondary N) is 1. The van der Waals surface area contributed by atoms with Crippen molar-refractivity contribution in [2.75, 3.05) is 5.32 Å². The van der Waals surface area contributed by atoms with Gasteiger partial charge in [0.1, 0.15) is 10.7 Å². The maximum absolute atomic E-state index is 12.9. The number of aliphatic hydroxyl groups is 1. The van der Waals surface area contributed by atoms with Crippen LogP contribution in [0.2, 0.25) is 0 Å². The molecule has 3 N–H and O–H groups in total. The number of aliphatic hydroxyl groups excluding tert-OH is 1. The second-order valence-corrected chi connectivity index (χ2v) is 7.55. The fraction of sp³-hybridized carbons (Fsp3) is 0.0435. The highest BCUT2D eigenvalue weighted by Gasteiger charge is 2.19. The number of hydrogen-bond donors (Lipinski definition) is 3. The number of azo groups is 1. The minimum atomic E-state index is -0.513. The van der Waals surface area contributed by atoms with Crippen molar-refractivity contribution in [1.29, 1.82) is 0 Å². The average Bonchev–Trinajstić information content (AvgIpc) is 3.26. The van der Waals surface area contributed by atoms with Gasteiger partial charge in [0.25, 0.3) is 5.91 Å². The second kappa shape index (κ2) is 8.86. The molecule has 0 atom stereocenters. The number of fused-ring (bicyclic) bond motifs is 1. The first-order valence-electron chi connectivity index (χ1n) is 9.31. The molecule has 0 saturated heterocycles. The normalized spacial score (nSPS) is 11.1. The second-order valence-electron chi connectivity index (χ2n) is 6.65. The number of aromatic hydroxyl groups is 1. The summed E-state index contributed by atoms with van der Waals surface area (Å²) >= 11 is 1.25. The van der Waals surface area contributed by atoms with Crippen molar-refractivity contribution >= 4 is 50.7 Å². The van der Waals surface area contributed by atoms with Crippen LogP contribution in [0.5, 0.6) is 5.75 Å². The molecule has 31 heavy (non-hydrogen) atoms. The van der Waals surface area contributed by atoms with E-state index >= 15 is 0 Å². The van der Waals surface area contributed by atoms with Crippen molar-refractivity contribution in [1.82, 2.24) is 0 Å². The van der Waals surface area contributed by atoms with Gasteiger partial charge < -0.3 is 15.5 Å². The van der Waals surface area contributed by atoms with Crippen LogP contribution < -0.4 is 5.32 Å². The monoisotopic (exact) mass is 431 g/mol. The molecule has 4 rings (SSSR count). The van der Waals surface area contributed by atoms with Gasteiger partial charge in [-0.15, -0.1) is 21.6 Å². The summed E-state index contributed by atoms with van der Waals surface area (Å²) in [5.74, 6) is -0.822. The molecule has 0 aliphatic rings. The predicted molar refractivity (Wildman–Crippen MR) is 120 cm³/mol. The Bertz CT molecular complexity index is 1300. The highest BCUT2D eigenvalue weighted by molar-refractivity contribution is 7.14. The Kier molecular flexibility index (Phi) is 5.83. The number of carbonyl (C=O) groups is 2. The van der Waals surface area contributed by atoms with Crippen molar-refractivity contribution in [2.24, 2.45) is 10.2 Å². The Labute approximate surface area is 181 Å². The van der Waals surface area contributed by atoms with Gasteiger partial charge >= 0.3 is 0 Å². The zero-order chi connectivity index (χ0) is 21.8. The Morgan fingerprint density at radius 3 is 2.58 bits per heavy atom. The number of thiophene rings is 1. The van der Waals surface area contributed by atoms with Crippen LogP contribution in [0.1, 0.15) is 26.3 Å². The largest absolute Gasteiger partial charge is 0.505 e. The van der Waals surface area contributed by atoms with Gasteiger partial charge in [-0.05, 0) is 40.6 Å². The number of carbonyl (C=O) groups excluding carboxylic acids is 2. The molecule has 1 aromatic heterocycles. The summed E-state index contributed by atoms with van der Waals surface area (Å²) in [5.41, 5.74) is 1.83. The van der Waals surface area contributed by atoms with Gasteiger partial charge in [0.15, 0.2) is 12.0 Å². The summed E-state index contributed by atoms with van der Waals surface area (Å²) in [7, 11) is 0. The molecule has 0 aliphatic heterocycles. The Morgan fingerprint density at radius 1 is 1.06 bits per heavy atom. The molecule has 0 bridgehead atoms. The number of hydrogen-bond acceptors (Lipinski definition) is 7. The molecular formula is C23H17N3O4S. The quantitative estimate of drug-likeness (QED) is 0.273. The van der Waals surface area contributed by atoms with Gasteiger partial charge in [-0.1, -0.05) is 36.4 Å². The molecular weight excluding hydrogens is 414 g/mol. The third-order valence-corrected chi connectivity index (χ3v) is 5.49. The number of rotatable bonds is 6. The molecule has 8 heteroatoms. The smallest absolute Gasteiger partial charge is 0.259 e. The summed E-state index contributed by atoms with van der Waals surface area (Å²) in [6, 6.07) is 17.1. The first kappa shape index (κ1) is 20.4. The van der Waals surface area contributed by atoms with Crippen LogP contribution in [0.3, 0.4) is 0 Å². The lowest BCUT2D eigenvalue weighted by molar-refractivity contribution is 0.102. The van der Waals surface area contributed by atoms with E-state index < -0.39 is 5.91 Å². The Balaban J connectivity index is 1.74. The van der Waals surface area contributed by atoms with Gasteiger partial charge in [0.2, 0.25) is 0 Å². The third-order valence-electron chi connectivity index (χ3n) is 4.68. The molecule has 0 saturated carbocycles. The van der Waals surface area contributed by atoms with Crippen LogP contribution >= 0.6 is 11.3 Å². The van der Waals surface area contributed by atoms with E-state index in [4.69, 9.17) is 5.11 Å². The topological polar surface area (TPSA) is 111 Å². The molecule has 0 unspecified atom stereocenters. The van der Waals surface area contributed by atoms with Crippen molar-refractivity contribution in [2.45, 2.75) is 6.61 Å². The van der Waals surface area contributed by atoms with E-state index in [1.54, 1.807) is 53.9 Å². The average molecular weight is 431 g/mol.